The van der Waals surface area contributed by atoms with Crippen LogP contribution in [-0.2, 0) is 4.84 Å². The molecule has 16 heavy (non-hydrogen) atoms. The lowest BCUT2D eigenvalue weighted by Gasteiger charge is -2.62. The van der Waals surface area contributed by atoms with E-state index in [1.807, 2.05) is 0 Å². The Hall–Kier alpha value is -0.0800. The van der Waals surface area contributed by atoms with E-state index in [0.717, 1.165) is 24.4 Å². The van der Waals surface area contributed by atoms with E-state index in [1.165, 1.54) is 38.5 Å². The Bertz CT molecular complexity index is 249. The lowest BCUT2D eigenvalue weighted by atomic mass is 9.43. The molecule has 4 aliphatic carbocycles. The zero-order valence-electron chi connectivity index (χ0n) is 10.7. The fourth-order valence-corrected chi connectivity index (χ4v) is 5.30. The van der Waals surface area contributed by atoms with Gasteiger partial charge in [-0.3, -0.25) is 0 Å². The summed E-state index contributed by atoms with van der Waals surface area (Å²) >= 11 is 0. The highest BCUT2D eigenvalue weighted by molar-refractivity contribution is 5.06. The molecule has 0 saturated heterocycles. The Kier molecular flexibility index (Phi) is 2.38. The van der Waals surface area contributed by atoms with Crippen LogP contribution in [0.25, 0.3) is 0 Å². The van der Waals surface area contributed by atoms with Crippen molar-refractivity contribution in [3.05, 3.63) is 0 Å². The summed E-state index contributed by atoms with van der Waals surface area (Å²) in [6, 6.07) is 0. The molecular formula is C14H25NO. The molecule has 0 aromatic heterocycles. The Morgan fingerprint density at radius 3 is 1.88 bits per heavy atom. The molecule has 0 amide bonds. The molecule has 0 heterocycles. The fourth-order valence-electron chi connectivity index (χ4n) is 5.30. The minimum absolute atomic E-state index is 0.262. The molecule has 4 saturated carbocycles. The van der Waals surface area contributed by atoms with Gasteiger partial charge in [-0.05, 0) is 67.1 Å². The van der Waals surface area contributed by atoms with Gasteiger partial charge in [-0.1, -0.05) is 13.8 Å². The van der Waals surface area contributed by atoms with Gasteiger partial charge in [-0.15, -0.1) is 0 Å². The zero-order valence-corrected chi connectivity index (χ0v) is 10.7. The van der Waals surface area contributed by atoms with Crippen molar-refractivity contribution in [2.24, 2.45) is 34.5 Å². The molecule has 0 radical (unpaired) electrons. The molecule has 0 aromatic carbocycles. The van der Waals surface area contributed by atoms with Crippen molar-refractivity contribution < 1.29 is 4.84 Å². The summed E-state index contributed by atoms with van der Waals surface area (Å²) in [5.41, 5.74) is 0.804. The zero-order chi connectivity index (χ0) is 11.4. The molecule has 0 unspecified atom stereocenters. The van der Waals surface area contributed by atoms with Crippen LogP contribution in [0.3, 0.4) is 0 Å². The molecule has 0 aliphatic heterocycles. The van der Waals surface area contributed by atoms with Gasteiger partial charge in [-0.25, -0.2) is 5.90 Å². The predicted octanol–water partition coefficient (Wildman–Crippen LogP) is 3.12. The molecule has 0 spiro atoms. The van der Waals surface area contributed by atoms with Crippen LogP contribution >= 0.6 is 0 Å². The van der Waals surface area contributed by atoms with E-state index in [9.17, 15) is 0 Å². The second-order valence-corrected chi connectivity index (χ2v) is 7.39. The van der Waals surface area contributed by atoms with Crippen LogP contribution in [0.2, 0.25) is 0 Å². The van der Waals surface area contributed by atoms with Crippen LogP contribution in [-0.4, -0.2) is 6.61 Å². The van der Waals surface area contributed by atoms with Crippen molar-refractivity contribution in [3.8, 4) is 0 Å². The standard InChI is InChI=1S/C14H25NO/c1-13(2,9-16-15)14-6-10-3-11(7-14)5-12(4-10)8-14/h10-12H,3-9,15H2,1-2H3. The summed E-state index contributed by atoms with van der Waals surface area (Å²) in [5.74, 6) is 8.38. The molecule has 0 atom stereocenters. The third kappa shape index (κ3) is 1.46. The number of hydrogen-bond acceptors (Lipinski definition) is 2. The molecule has 2 heteroatoms. The van der Waals surface area contributed by atoms with Crippen LogP contribution in [0.4, 0.5) is 0 Å². The molecule has 4 aliphatic rings. The van der Waals surface area contributed by atoms with E-state index in [2.05, 4.69) is 13.8 Å². The van der Waals surface area contributed by atoms with Crippen molar-refractivity contribution in [2.75, 3.05) is 6.61 Å². The predicted molar refractivity (Wildman–Crippen MR) is 64.5 cm³/mol. The van der Waals surface area contributed by atoms with Gasteiger partial charge >= 0.3 is 0 Å². The van der Waals surface area contributed by atoms with E-state index in [-0.39, 0.29) is 5.41 Å². The van der Waals surface area contributed by atoms with E-state index < -0.39 is 0 Å². The smallest absolute Gasteiger partial charge is 0.0735 e. The quantitative estimate of drug-likeness (QED) is 0.746. The van der Waals surface area contributed by atoms with Crippen molar-refractivity contribution in [1.82, 2.24) is 0 Å². The first-order chi connectivity index (χ1) is 7.55. The molecule has 4 rings (SSSR count). The number of nitrogens with two attached hydrogens (primary N) is 1. The summed E-state index contributed by atoms with van der Waals surface area (Å²) in [4.78, 5) is 5.00. The molecule has 92 valence electrons. The van der Waals surface area contributed by atoms with Crippen LogP contribution < -0.4 is 5.90 Å². The normalized spacial score (nSPS) is 46.3. The van der Waals surface area contributed by atoms with Gasteiger partial charge in [-0.2, -0.15) is 0 Å². The van der Waals surface area contributed by atoms with Gasteiger partial charge in [0.2, 0.25) is 0 Å². The SMILES string of the molecule is CC(C)(CON)C12CC3CC(CC(C3)C1)C2. The minimum atomic E-state index is 0.262. The second kappa shape index (κ2) is 3.46. The average Bonchev–Trinajstić information content (AvgIpc) is 2.14. The molecular weight excluding hydrogens is 198 g/mol. The Morgan fingerprint density at radius 2 is 1.50 bits per heavy atom. The summed E-state index contributed by atoms with van der Waals surface area (Å²) < 4.78 is 0. The van der Waals surface area contributed by atoms with Gasteiger partial charge in [0.25, 0.3) is 0 Å². The highest BCUT2D eigenvalue weighted by atomic mass is 16.6. The molecule has 4 fully saturated rings. The van der Waals surface area contributed by atoms with Crippen LogP contribution in [0.1, 0.15) is 52.4 Å². The van der Waals surface area contributed by atoms with Gasteiger partial charge in [0.1, 0.15) is 0 Å². The number of rotatable bonds is 3. The van der Waals surface area contributed by atoms with Crippen molar-refractivity contribution in [3.63, 3.8) is 0 Å². The van der Waals surface area contributed by atoms with E-state index in [1.54, 1.807) is 0 Å². The third-order valence-corrected chi connectivity index (χ3v) is 5.92. The maximum atomic E-state index is 5.33. The van der Waals surface area contributed by atoms with Crippen LogP contribution in [0.5, 0.6) is 0 Å². The lowest BCUT2D eigenvalue weighted by Crippen LogP contribution is -2.54. The number of hydrogen-bond donors (Lipinski definition) is 1. The lowest BCUT2D eigenvalue weighted by molar-refractivity contribution is -0.142. The van der Waals surface area contributed by atoms with Gasteiger partial charge in [0, 0.05) is 0 Å². The maximum absolute atomic E-state index is 5.33. The van der Waals surface area contributed by atoms with Gasteiger partial charge < -0.3 is 4.84 Å². The summed E-state index contributed by atoms with van der Waals surface area (Å²) in [5, 5.41) is 0. The minimum Gasteiger partial charge on any atom is -0.304 e. The monoisotopic (exact) mass is 223 g/mol. The van der Waals surface area contributed by atoms with Crippen LogP contribution in [0, 0.1) is 28.6 Å². The molecule has 0 aromatic rings. The molecule has 2 nitrogen and oxygen atoms in total. The molecule has 4 bridgehead atoms. The Balaban J connectivity index is 1.88. The fraction of sp³-hybridized carbons (Fsp3) is 1.00. The maximum Gasteiger partial charge on any atom is 0.0735 e. The highest BCUT2D eigenvalue weighted by Gasteiger charge is 2.56. The Labute approximate surface area is 98.9 Å². The first-order valence-corrected chi connectivity index (χ1v) is 6.86. The highest BCUT2D eigenvalue weighted by Crippen LogP contribution is 2.65. The first-order valence-electron chi connectivity index (χ1n) is 6.86. The van der Waals surface area contributed by atoms with E-state index in [4.69, 9.17) is 10.7 Å². The van der Waals surface area contributed by atoms with Crippen molar-refractivity contribution in [1.29, 1.82) is 0 Å². The first kappa shape index (κ1) is 11.0. The van der Waals surface area contributed by atoms with Crippen molar-refractivity contribution in [2.45, 2.75) is 52.4 Å². The van der Waals surface area contributed by atoms with Gasteiger partial charge in [0.15, 0.2) is 0 Å². The largest absolute Gasteiger partial charge is 0.304 e. The van der Waals surface area contributed by atoms with Crippen LogP contribution in [0.15, 0.2) is 0 Å². The summed E-state index contributed by atoms with van der Waals surface area (Å²) in [6.07, 6.45) is 8.86. The molecule has 2 N–H and O–H groups in total. The third-order valence-electron chi connectivity index (χ3n) is 5.92. The topological polar surface area (TPSA) is 35.2 Å². The van der Waals surface area contributed by atoms with Crippen molar-refractivity contribution >= 4 is 0 Å². The van der Waals surface area contributed by atoms with E-state index >= 15 is 0 Å². The Morgan fingerprint density at radius 1 is 1.06 bits per heavy atom. The van der Waals surface area contributed by atoms with Gasteiger partial charge in [0.05, 0.1) is 6.61 Å². The second-order valence-electron chi connectivity index (χ2n) is 7.39. The average molecular weight is 223 g/mol. The van der Waals surface area contributed by atoms with E-state index in [0.29, 0.717) is 5.41 Å². The summed E-state index contributed by atoms with van der Waals surface area (Å²) in [7, 11) is 0. The summed E-state index contributed by atoms with van der Waals surface area (Å²) in [6.45, 7) is 5.46.